The molecule has 3 heteroatoms. The van der Waals surface area contributed by atoms with Gasteiger partial charge in [-0.25, -0.2) is 4.79 Å². The molecule has 0 aromatic carbocycles. The second-order valence-electron chi connectivity index (χ2n) is 4.88. The van der Waals surface area contributed by atoms with Crippen molar-refractivity contribution in [3.05, 3.63) is 0 Å². The molecule has 2 aliphatic carbocycles. The summed E-state index contributed by atoms with van der Waals surface area (Å²) >= 11 is 0. The molecule has 15 heavy (non-hydrogen) atoms. The lowest BCUT2D eigenvalue weighted by atomic mass is 9.90. The highest BCUT2D eigenvalue weighted by atomic mass is 16.5. The molecular formula is C12H20O3. The van der Waals surface area contributed by atoms with E-state index in [0.29, 0.717) is 12.8 Å². The maximum atomic E-state index is 11.4. The molecule has 2 rings (SSSR count). The normalized spacial score (nSPS) is 26.7. The van der Waals surface area contributed by atoms with Gasteiger partial charge in [0.25, 0.3) is 0 Å². The van der Waals surface area contributed by atoms with Gasteiger partial charge in [-0.2, -0.15) is 0 Å². The smallest absolute Gasteiger partial charge is 0.335 e. The van der Waals surface area contributed by atoms with E-state index >= 15 is 0 Å². The summed E-state index contributed by atoms with van der Waals surface area (Å²) in [5.74, 6) is -0.740. The van der Waals surface area contributed by atoms with Gasteiger partial charge in [-0.15, -0.1) is 0 Å². The van der Waals surface area contributed by atoms with Gasteiger partial charge in [-0.3, -0.25) is 0 Å². The van der Waals surface area contributed by atoms with Gasteiger partial charge in [0.15, 0.2) is 5.60 Å². The van der Waals surface area contributed by atoms with Crippen molar-refractivity contribution in [3.63, 3.8) is 0 Å². The van der Waals surface area contributed by atoms with Crippen molar-refractivity contribution in [1.29, 1.82) is 0 Å². The number of hydrogen-bond donors (Lipinski definition) is 1. The first-order chi connectivity index (χ1) is 7.23. The fourth-order valence-corrected chi connectivity index (χ4v) is 2.49. The fourth-order valence-electron chi connectivity index (χ4n) is 2.49. The highest BCUT2D eigenvalue weighted by Crippen LogP contribution is 2.36. The molecule has 0 heterocycles. The summed E-state index contributed by atoms with van der Waals surface area (Å²) in [5, 5.41) is 9.36. The summed E-state index contributed by atoms with van der Waals surface area (Å²) < 4.78 is 5.86. The van der Waals surface area contributed by atoms with E-state index in [2.05, 4.69) is 0 Å². The molecule has 0 unspecified atom stereocenters. The maximum absolute atomic E-state index is 11.4. The van der Waals surface area contributed by atoms with Crippen LogP contribution in [0.5, 0.6) is 0 Å². The van der Waals surface area contributed by atoms with Crippen molar-refractivity contribution < 1.29 is 14.6 Å². The molecule has 0 aromatic heterocycles. The molecule has 0 spiro atoms. The second kappa shape index (κ2) is 4.52. The van der Waals surface area contributed by atoms with E-state index in [-0.39, 0.29) is 6.10 Å². The third-order valence-electron chi connectivity index (χ3n) is 3.75. The monoisotopic (exact) mass is 212 g/mol. The molecule has 1 N–H and O–H groups in total. The summed E-state index contributed by atoms with van der Waals surface area (Å²) in [6, 6.07) is 0. The van der Waals surface area contributed by atoms with Gasteiger partial charge in [0, 0.05) is 0 Å². The standard InChI is InChI=1S/C12H20O3/c13-11(14)12(15-10-6-5-7-10)8-3-1-2-4-9-12/h10H,1-9H2,(H,13,14). The largest absolute Gasteiger partial charge is 0.479 e. The van der Waals surface area contributed by atoms with E-state index in [9.17, 15) is 9.90 Å². The van der Waals surface area contributed by atoms with Crippen molar-refractivity contribution in [2.24, 2.45) is 0 Å². The predicted octanol–water partition coefficient (Wildman–Crippen LogP) is 2.73. The first-order valence-electron chi connectivity index (χ1n) is 6.14. The third-order valence-corrected chi connectivity index (χ3v) is 3.75. The minimum atomic E-state index is -0.846. The number of hydrogen-bond acceptors (Lipinski definition) is 2. The number of carboxylic acids is 1. The first-order valence-corrected chi connectivity index (χ1v) is 6.14. The summed E-state index contributed by atoms with van der Waals surface area (Å²) in [6.45, 7) is 0. The first kappa shape index (κ1) is 10.9. The zero-order chi connectivity index (χ0) is 10.7. The zero-order valence-electron chi connectivity index (χ0n) is 9.21. The van der Waals surface area contributed by atoms with Gasteiger partial charge < -0.3 is 9.84 Å². The van der Waals surface area contributed by atoms with Gasteiger partial charge in [0.05, 0.1) is 6.10 Å². The second-order valence-corrected chi connectivity index (χ2v) is 4.88. The molecule has 0 atom stereocenters. The molecule has 2 saturated carbocycles. The van der Waals surface area contributed by atoms with Crippen LogP contribution < -0.4 is 0 Å². The Kier molecular flexibility index (Phi) is 3.29. The Labute approximate surface area is 90.8 Å². The molecule has 3 nitrogen and oxygen atoms in total. The Bertz CT molecular complexity index is 225. The third kappa shape index (κ3) is 2.33. The van der Waals surface area contributed by atoms with E-state index in [1.165, 1.54) is 6.42 Å². The van der Waals surface area contributed by atoms with Crippen molar-refractivity contribution >= 4 is 5.97 Å². The van der Waals surface area contributed by atoms with Crippen LogP contribution in [0.25, 0.3) is 0 Å². The SMILES string of the molecule is O=C(O)C1(OC2CCC2)CCCCCC1. The lowest BCUT2D eigenvalue weighted by molar-refractivity contribution is -0.183. The van der Waals surface area contributed by atoms with E-state index in [1.54, 1.807) is 0 Å². The van der Waals surface area contributed by atoms with Crippen molar-refractivity contribution in [2.45, 2.75) is 69.5 Å². The fraction of sp³-hybridized carbons (Fsp3) is 0.917. The van der Waals surface area contributed by atoms with Gasteiger partial charge >= 0.3 is 5.97 Å². The molecule has 0 aromatic rings. The minimum Gasteiger partial charge on any atom is -0.479 e. The van der Waals surface area contributed by atoms with Crippen LogP contribution in [0, 0.1) is 0 Å². The van der Waals surface area contributed by atoms with Crippen LogP contribution in [0.15, 0.2) is 0 Å². The number of aliphatic carboxylic acids is 1. The lowest BCUT2D eigenvalue weighted by Crippen LogP contribution is -2.45. The number of rotatable bonds is 3. The molecule has 86 valence electrons. The number of ether oxygens (including phenoxy) is 1. The molecule has 2 aliphatic rings. The Morgan fingerprint density at radius 1 is 1.07 bits per heavy atom. The molecule has 0 saturated heterocycles. The highest BCUT2D eigenvalue weighted by Gasteiger charge is 2.42. The molecule has 0 aliphatic heterocycles. The highest BCUT2D eigenvalue weighted by molar-refractivity contribution is 5.77. The van der Waals surface area contributed by atoms with Crippen LogP contribution in [0.1, 0.15) is 57.8 Å². The van der Waals surface area contributed by atoms with Crippen LogP contribution >= 0.6 is 0 Å². The number of carboxylic acid groups (broad SMARTS) is 1. The quantitative estimate of drug-likeness (QED) is 0.732. The van der Waals surface area contributed by atoms with Crippen LogP contribution in [0.2, 0.25) is 0 Å². The van der Waals surface area contributed by atoms with Gasteiger partial charge in [0.1, 0.15) is 0 Å². The Hall–Kier alpha value is -0.570. The van der Waals surface area contributed by atoms with Gasteiger partial charge in [-0.05, 0) is 44.9 Å². The van der Waals surface area contributed by atoms with Crippen LogP contribution in [0.4, 0.5) is 0 Å². The molecule has 2 fully saturated rings. The predicted molar refractivity (Wildman–Crippen MR) is 56.8 cm³/mol. The number of carbonyl (C=O) groups is 1. The Morgan fingerprint density at radius 2 is 1.67 bits per heavy atom. The molecule has 0 bridgehead atoms. The topological polar surface area (TPSA) is 46.5 Å². The summed E-state index contributed by atoms with van der Waals surface area (Å²) in [5.41, 5.74) is -0.846. The van der Waals surface area contributed by atoms with E-state index in [1.807, 2.05) is 0 Å². The Balaban J connectivity index is 2.02. The van der Waals surface area contributed by atoms with E-state index in [0.717, 1.165) is 38.5 Å². The van der Waals surface area contributed by atoms with Crippen molar-refractivity contribution in [2.75, 3.05) is 0 Å². The molecular weight excluding hydrogens is 192 g/mol. The lowest BCUT2D eigenvalue weighted by Gasteiger charge is -2.36. The van der Waals surface area contributed by atoms with Crippen LogP contribution in [0.3, 0.4) is 0 Å². The van der Waals surface area contributed by atoms with E-state index in [4.69, 9.17) is 4.74 Å². The average molecular weight is 212 g/mol. The van der Waals surface area contributed by atoms with Gasteiger partial charge in [0.2, 0.25) is 0 Å². The molecule has 0 amide bonds. The average Bonchev–Trinajstić information content (AvgIpc) is 2.37. The van der Waals surface area contributed by atoms with Crippen molar-refractivity contribution in [3.8, 4) is 0 Å². The zero-order valence-corrected chi connectivity index (χ0v) is 9.21. The van der Waals surface area contributed by atoms with Gasteiger partial charge in [-0.1, -0.05) is 12.8 Å². The van der Waals surface area contributed by atoms with Crippen molar-refractivity contribution in [1.82, 2.24) is 0 Å². The minimum absolute atomic E-state index is 0.221. The maximum Gasteiger partial charge on any atom is 0.335 e. The summed E-state index contributed by atoms with van der Waals surface area (Å²) in [6.07, 6.45) is 9.24. The Morgan fingerprint density at radius 3 is 2.07 bits per heavy atom. The summed E-state index contributed by atoms with van der Waals surface area (Å²) in [7, 11) is 0. The molecule has 0 radical (unpaired) electrons. The summed E-state index contributed by atoms with van der Waals surface area (Å²) in [4.78, 5) is 11.4. The van der Waals surface area contributed by atoms with Crippen LogP contribution in [-0.4, -0.2) is 22.8 Å². The van der Waals surface area contributed by atoms with Crippen LogP contribution in [-0.2, 0) is 9.53 Å². The van der Waals surface area contributed by atoms with E-state index < -0.39 is 11.6 Å².